The molecule has 1 aromatic rings. The Morgan fingerprint density at radius 1 is 1.27 bits per heavy atom. The molecule has 0 aliphatic carbocycles. The van der Waals surface area contributed by atoms with Crippen molar-refractivity contribution in [1.82, 2.24) is 5.32 Å². The van der Waals surface area contributed by atoms with Crippen molar-refractivity contribution in [2.75, 3.05) is 6.26 Å². The molecule has 0 aliphatic rings. The zero-order chi connectivity index (χ0) is 17.1. The largest absolute Gasteiger partial charge is 0.481 e. The first-order valence-corrected chi connectivity index (χ1v) is 8.83. The van der Waals surface area contributed by atoms with Crippen molar-refractivity contribution < 1.29 is 23.1 Å². The third-order valence-electron chi connectivity index (χ3n) is 3.61. The van der Waals surface area contributed by atoms with Crippen LogP contribution in [-0.4, -0.2) is 37.7 Å². The van der Waals surface area contributed by atoms with Gasteiger partial charge in [-0.15, -0.1) is 0 Å². The van der Waals surface area contributed by atoms with E-state index in [4.69, 9.17) is 5.11 Å². The standard InChI is InChI=1S/C15H21NO5S/c1-5-11-6-7-12(8-13(11)22(4,20)21)14(17)16-10(3)9(2)15(18)19/h6-10H,5H2,1-4H3,(H,16,17)(H,18,19). The number of nitrogens with one attached hydrogen (secondary N) is 1. The van der Waals surface area contributed by atoms with Gasteiger partial charge < -0.3 is 10.4 Å². The van der Waals surface area contributed by atoms with Crippen molar-refractivity contribution in [1.29, 1.82) is 0 Å². The number of aryl methyl sites for hydroxylation is 1. The average Bonchev–Trinajstić information content (AvgIpc) is 2.44. The van der Waals surface area contributed by atoms with Gasteiger partial charge in [-0.05, 0) is 38.0 Å². The number of rotatable bonds is 6. The number of hydrogen-bond acceptors (Lipinski definition) is 4. The fourth-order valence-corrected chi connectivity index (χ4v) is 2.99. The Labute approximate surface area is 130 Å². The molecule has 0 spiro atoms. The van der Waals surface area contributed by atoms with Crippen LogP contribution in [0.2, 0.25) is 0 Å². The summed E-state index contributed by atoms with van der Waals surface area (Å²) in [5.41, 5.74) is 0.841. The number of hydrogen-bond donors (Lipinski definition) is 2. The lowest BCUT2D eigenvalue weighted by atomic mass is 10.0. The minimum Gasteiger partial charge on any atom is -0.481 e. The normalized spacial score (nSPS) is 14.2. The molecule has 122 valence electrons. The molecule has 7 heteroatoms. The fraction of sp³-hybridized carbons (Fsp3) is 0.467. The summed E-state index contributed by atoms with van der Waals surface area (Å²) in [6.07, 6.45) is 1.63. The van der Waals surface area contributed by atoms with Crippen LogP contribution in [0.15, 0.2) is 23.1 Å². The van der Waals surface area contributed by atoms with Crippen LogP contribution in [-0.2, 0) is 21.1 Å². The molecule has 6 nitrogen and oxygen atoms in total. The molecule has 0 bridgehead atoms. The van der Waals surface area contributed by atoms with E-state index in [2.05, 4.69) is 5.32 Å². The summed E-state index contributed by atoms with van der Waals surface area (Å²) in [6.45, 7) is 4.92. The second kappa shape index (κ2) is 6.91. The third kappa shape index (κ3) is 4.30. The number of carboxylic acids is 1. The van der Waals surface area contributed by atoms with Gasteiger partial charge in [0.25, 0.3) is 5.91 Å². The van der Waals surface area contributed by atoms with Crippen molar-refractivity contribution in [2.45, 2.75) is 38.1 Å². The van der Waals surface area contributed by atoms with Crippen molar-refractivity contribution in [3.05, 3.63) is 29.3 Å². The van der Waals surface area contributed by atoms with E-state index in [1.807, 2.05) is 6.92 Å². The van der Waals surface area contributed by atoms with E-state index in [1.165, 1.54) is 13.0 Å². The Kier molecular flexibility index (Phi) is 5.71. The number of amides is 1. The second-order valence-corrected chi connectivity index (χ2v) is 7.32. The highest BCUT2D eigenvalue weighted by Gasteiger charge is 2.22. The van der Waals surface area contributed by atoms with Gasteiger partial charge in [0.05, 0.1) is 10.8 Å². The monoisotopic (exact) mass is 327 g/mol. The van der Waals surface area contributed by atoms with Crippen LogP contribution in [0.25, 0.3) is 0 Å². The summed E-state index contributed by atoms with van der Waals surface area (Å²) in [5.74, 6) is -2.24. The smallest absolute Gasteiger partial charge is 0.308 e. The van der Waals surface area contributed by atoms with Gasteiger partial charge in [0.1, 0.15) is 0 Å². The van der Waals surface area contributed by atoms with E-state index in [0.29, 0.717) is 12.0 Å². The Bertz CT molecular complexity index is 681. The quantitative estimate of drug-likeness (QED) is 0.824. The van der Waals surface area contributed by atoms with Crippen molar-refractivity contribution in [3.63, 3.8) is 0 Å². The van der Waals surface area contributed by atoms with Crippen LogP contribution in [0.5, 0.6) is 0 Å². The van der Waals surface area contributed by atoms with Crippen LogP contribution in [0.3, 0.4) is 0 Å². The first-order chi connectivity index (χ1) is 10.1. The zero-order valence-corrected chi connectivity index (χ0v) is 13.9. The van der Waals surface area contributed by atoms with Gasteiger partial charge >= 0.3 is 5.97 Å². The number of sulfone groups is 1. The molecule has 2 atom stereocenters. The molecule has 1 rings (SSSR count). The van der Waals surface area contributed by atoms with Gasteiger partial charge in [0, 0.05) is 17.9 Å². The molecule has 2 N–H and O–H groups in total. The van der Waals surface area contributed by atoms with Crippen molar-refractivity contribution in [3.8, 4) is 0 Å². The number of carbonyl (C=O) groups is 2. The first-order valence-electron chi connectivity index (χ1n) is 6.94. The minimum absolute atomic E-state index is 0.126. The first kappa shape index (κ1) is 18.2. The molecule has 0 saturated carbocycles. The molecule has 0 aromatic heterocycles. The summed E-state index contributed by atoms with van der Waals surface area (Å²) >= 11 is 0. The number of benzene rings is 1. The van der Waals surface area contributed by atoms with Crippen molar-refractivity contribution in [2.24, 2.45) is 5.92 Å². The Morgan fingerprint density at radius 2 is 1.86 bits per heavy atom. The molecule has 0 saturated heterocycles. The maximum absolute atomic E-state index is 12.2. The Morgan fingerprint density at radius 3 is 2.32 bits per heavy atom. The van der Waals surface area contributed by atoms with Gasteiger partial charge in [0.2, 0.25) is 0 Å². The second-order valence-electron chi connectivity index (χ2n) is 5.34. The van der Waals surface area contributed by atoms with Gasteiger partial charge in [0.15, 0.2) is 9.84 Å². The Hall–Kier alpha value is -1.89. The molecule has 0 aliphatic heterocycles. The summed E-state index contributed by atoms with van der Waals surface area (Å²) in [7, 11) is -3.43. The SMILES string of the molecule is CCc1ccc(C(=O)NC(C)C(C)C(=O)O)cc1S(C)(=O)=O. The average molecular weight is 327 g/mol. The van der Waals surface area contributed by atoms with E-state index >= 15 is 0 Å². The molecule has 0 radical (unpaired) electrons. The highest BCUT2D eigenvalue weighted by Crippen LogP contribution is 2.19. The van der Waals surface area contributed by atoms with E-state index in [0.717, 1.165) is 6.26 Å². The zero-order valence-electron chi connectivity index (χ0n) is 13.1. The minimum atomic E-state index is -3.43. The predicted octanol–water partition coefficient (Wildman–Crippen LogP) is 1.49. The lowest BCUT2D eigenvalue weighted by Crippen LogP contribution is -2.40. The number of aliphatic carboxylic acids is 1. The van der Waals surface area contributed by atoms with Crippen LogP contribution in [0.4, 0.5) is 0 Å². The highest BCUT2D eigenvalue weighted by molar-refractivity contribution is 7.90. The van der Waals surface area contributed by atoms with E-state index in [-0.39, 0.29) is 10.5 Å². The topological polar surface area (TPSA) is 101 Å². The molecule has 0 fully saturated rings. The van der Waals surface area contributed by atoms with E-state index in [9.17, 15) is 18.0 Å². The third-order valence-corrected chi connectivity index (χ3v) is 4.79. The lowest BCUT2D eigenvalue weighted by molar-refractivity contribution is -0.141. The van der Waals surface area contributed by atoms with E-state index < -0.39 is 33.7 Å². The predicted molar refractivity (Wildman–Crippen MR) is 82.7 cm³/mol. The van der Waals surface area contributed by atoms with Gasteiger partial charge in [-0.3, -0.25) is 9.59 Å². The van der Waals surface area contributed by atoms with Crippen molar-refractivity contribution >= 4 is 21.7 Å². The van der Waals surface area contributed by atoms with Gasteiger partial charge in [-0.2, -0.15) is 0 Å². The van der Waals surface area contributed by atoms with Gasteiger partial charge in [-0.25, -0.2) is 8.42 Å². The maximum atomic E-state index is 12.2. The molecule has 0 heterocycles. The molecule has 22 heavy (non-hydrogen) atoms. The summed E-state index contributed by atoms with van der Waals surface area (Å²) in [5, 5.41) is 11.5. The molecule has 1 amide bonds. The fourth-order valence-electron chi connectivity index (χ4n) is 1.96. The number of carbonyl (C=O) groups excluding carboxylic acids is 1. The molecular formula is C15H21NO5S. The van der Waals surface area contributed by atoms with Crippen LogP contribution in [0.1, 0.15) is 36.7 Å². The summed E-state index contributed by atoms with van der Waals surface area (Å²) in [6, 6.07) is 3.91. The molecule has 2 unspecified atom stereocenters. The van der Waals surface area contributed by atoms with Crippen LogP contribution < -0.4 is 5.32 Å². The lowest BCUT2D eigenvalue weighted by Gasteiger charge is -2.18. The molecule has 1 aromatic carbocycles. The number of carboxylic acid groups (broad SMARTS) is 1. The van der Waals surface area contributed by atoms with E-state index in [1.54, 1.807) is 19.1 Å². The van der Waals surface area contributed by atoms with Crippen LogP contribution in [0, 0.1) is 5.92 Å². The Balaban J connectivity index is 3.08. The van der Waals surface area contributed by atoms with Gasteiger partial charge in [-0.1, -0.05) is 13.0 Å². The highest BCUT2D eigenvalue weighted by atomic mass is 32.2. The van der Waals surface area contributed by atoms with Crippen LogP contribution >= 0.6 is 0 Å². The molecular weight excluding hydrogens is 306 g/mol. The summed E-state index contributed by atoms with van der Waals surface area (Å²) < 4.78 is 23.6. The summed E-state index contributed by atoms with van der Waals surface area (Å²) in [4.78, 5) is 23.2. The maximum Gasteiger partial charge on any atom is 0.308 e.